The molecule has 0 bridgehead atoms. The third-order valence-electron chi connectivity index (χ3n) is 3.82. The molecule has 0 atom stereocenters. The molecule has 1 aromatic rings. The number of nitrogens with two attached hydrogens (primary N) is 1. The first kappa shape index (κ1) is 13.6. The molecule has 19 heavy (non-hydrogen) atoms. The third kappa shape index (κ3) is 2.50. The zero-order chi connectivity index (χ0) is 14.0. The molecule has 0 saturated heterocycles. The van der Waals surface area contributed by atoms with Crippen molar-refractivity contribution in [2.45, 2.75) is 38.6 Å². The molecule has 1 aliphatic carbocycles. The van der Waals surface area contributed by atoms with Gasteiger partial charge >= 0.3 is 0 Å². The summed E-state index contributed by atoms with van der Waals surface area (Å²) >= 11 is 0. The Kier molecular flexibility index (Phi) is 3.93. The second-order valence-electron chi connectivity index (χ2n) is 5.16. The van der Waals surface area contributed by atoms with Crippen molar-refractivity contribution in [3.8, 4) is 0 Å². The summed E-state index contributed by atoms with van der Waals surface area (Å²) in [5.41, 5.74) is 7.66. The van der Waals surface area contributed by atoms with Crippen molar-refractivity contribution in [3.63, 3.8) is 0 Å². The Balaban J connectivity index is 2.30. The molecule has 104 valence electrons. The molecule has 1 heterocycles. The average Bonchev–Trinajstić information content (AvgIpc) is 2.96. The van der Waals surface area contributed by atoms with E-state index in [-0.39, 0.29) is 5.91 Å². The molecule has 0 aromatic carbocycles. The van der Waals surface area contributed by atoms with E-state index >= 15 is 0 Å². The quantitative estimate of drug-likeness (QED) is 0.843. The molecule has 2 N–H and O–H groups in total. The fourth-order valence-electron chi connectivity index (χ4n) is 2.82. The molecule has 5 heteroatoms. The lowest BCUT2D eigenvalue weighted by atomic mass is 10.1. The third-order valence-corrected chi connectivity index (χ3v) is 3.82. The number of hydrogen-bond donors (Lipinski definition) is 1. The first-order valence-electron chi connectivity index (χ1n) is 6.77. The van der Waals surface area contributed by atoms with E-state index in [1.54, 1.807) is 17.8 Å². The van der Waals surface area contributed by atoms with Gasteiger partial charge in [-0.1, -0.05) is 18.9 Å². The van der Waals surface area contributed by atoms with E-state index in [1.165, 1.54) is 12.8 Å². The van der Waals surface area contributed by atoms with Gasteiger partial charge in [-0.2, -0.15) is 5.10 Å². The molecule has 1 saturated carbocycles. The van der Waals surface area contributed by atoms with E-state index < -0.39 is 0 Å². The monoisotopic (exact) mass is 262 g/mol. The molecule has 0 unspecified atom stereocenters. The maximum atomic E-state index is 12.7. The maximum Gasteiger partial charge on any atom is 0.274 e. The van der Waals surface area contributed by atoms with E-state index in [2.05, 4.69) is 11.7 Å². The minimum atomic E-state index is -0.0348. The molecule has 1 amide bonds. The van der Waals surface area contributed by atoms with Crippen LogP contribution in [-0.4, -0.2) is 33.2 Å². The standard InChI is InChI=1S/C14H22N4O/c1-4-9-18(11-7-5-6-8-11)14(19)13-12(15)10(2)16-17(13)3/h4,11H,1,5-9,15H2,2-3H3. The number of nitrogen functional groups attached to an aromatic ring is 1. The first-order chi connectivity index (χ1) is 9.06. The van der Waals surface area contributed by atoms with Gasteiger partial charge in [0.25, 0.3) is 5.91 Å². The number of aromatic nitrogens is 2. The van der Waals surface area contributed by atoms with Crippen LogP contribution in [0, 0.1) is 6.92 Å². The van der Waals surface area contributed by atoms with Gasteiger partial charge in [-0.25, -0.2) is 0 Å². The number of rotatable bonds is 4. The number of hydrogen-bond acceptors (Lipinski definition) is 3. The van der Waals surface area contributed by atoms with Gasteiger partial charge in [0.15, 0.2) is 0 Å². The van der Waals surface area contributed by atoms with Gasteiger partial charge in [-0.3, -0.25) is 9.48 Å². The number of anilines is 1. The van der Waals surface area contributed by atoms with Crippen LogP contribution in [0.3, 0.4) is 0 Å². The molecule has 0 aliphatic heterocycles. The Labute approximate surface area is 114 Å². The van der Waals surface area contributed by atoms with Crippen molar-refractivity contribution in [1.82, 2.24) is 14.7 Å². The topological polar surface area (TPSA) is 64.2 Å². The highest BCUT2D eigenvalue weighted by Crippen LogP contribution is 2.26. The number of carbonyl (C=O) groups excluding carboxylic acids is 1. The Morgan fingerprint density at radius 1 is 1.58 bits per heavy atom. The lowest BCUT2D eigenvalue weighted by molar-refractivity contribution is 0.0696. The zero-order valence-corrected chi connectivity index (χ0v) is 11.7. The SMILES string of the molecule is C=CCN(C(=O)c1c(N)c(C)nn1C)C1CCCC1. The Hall–Kier alpha value is -1.78. The van der Waals surface area contributed by atoms with Gasteiger partial charge in [-0.05, 0) is 19.8 Å². The predicted octanol–water partition coefficient (Wildman–Crippen LogP) is 1.88. The normalized spacial score (nSPS) is 15.7. The first-order valence-corrected chi connectivity index (χ1v) is 6.77. The van der Waals surface area contributed by atoms with E-state index in [9.17, 15) is 4.79 Å². The van der Waals surface area contributed by atoms with Crippen molar-refractivity contribution in [2.24, 2.45) is 7.05 Å². The van der Waals surface area contributed by atoms with Crippen LogP contribution in [0.25, 0.3) is 0 Å². The molecular weight excluding hydrogens is 240 g/mol. The smallest absolute Gasteiger partial charge is 0.274 e. The van der Waals surface area contributed by atoms with Crippen LogP contribution in [0.4, 0.5) is 5.69 Å². The van der Waals surface area contributed by atoms with Gasteiger partial charge in [0.2, 0.25) is 0 Å². The van der Waals surface area contributed by atoms with Gasteiger partial charge in [0.1, 0.15) is 5.69 Å². The van der Waals surface area contributed by atoms with Crippen molar-refractivity contribution in [2.75, 3.05) is 12.3 Å². The largest absolute Gasteiger partial charge is 0.395 e. The van der Waals surface area contributed by atoms with Crippen LogP contribution >= 0.6 is 0 Å². The Morgan fingerprint density at radius 3 is 2.68 bits per heavy atom. The van der Waals surface area contributed by atoms with E-state index in [0.717, 1.165) is 12.8 Å². The lowest BCUT2D eigenvalue weighted by Crippen LogP contribution is -2.40. The summed E-state index contributed by atoms with van der Waals surface area (Å²) in [6.45, 7) is 6.13. The van der Waals surface area contributed by atoms with E-state index in [1.807, 2.05) is 11.8 Å². The van der Waals surface area contributed by atoms with Crippen molar-refractivity contribution < 1.29 is 4.79 Å². The number of amides is 1. The van der Waals surface area contributed by atoms with Crippen LogP contribution in [0.2, 0.25) is 0 Å². The van der Waals surface area contributed by atoms with Gasteiger partial charge in [0.05, 0.1) is 11.4 Å². The summed E-state index contributed by atoms with van der Waals surface area (Å²) in [5, 5.41) is 4.22. The Bertz CT molecular complexity index is 486. The van der Waals surface area contributed by atoms with Crippen LogP contribution in [0.5, 0.6) is 0 Å². The van der Waals surface area contributed by atoms with Crippen LogP contribution in [0.15, 0.2) is 12.7 Å². The molecule has 0 radical (unpaired) electrons. The van der Waals surface area contributed by atoms with Crippen molar-refractivity contribution >= 4 is 11.6 Å². The predicted molar refractivity (Wildman–Crippen MR) is 75.8 cm³/mol. The summed E-state index contributed by atoms with van der Waals surface area (Å²) in [6, 6.07) is 0.306. The fraction of sp³-hybridized carbons (Fsp3) is 0.571. The molecule has 1 fully saturated rings. The van der Waals surface area contributed by atoms with Crippen molar-refractivity contribution in [3.05, 3.63) is 24.0 Å². The summed E-state index contributed by atoms with van der Waals surface area (Å²) in [6.07, 6.45) is 6.28. The maximum absolute atomic E-state index is 12.7. The minimum absolute atomic E-state index is 0.0348. The minimum Gasteiger partial charge on any atom is -0.395 e. The molecule has 1 aromatic heterocycles. The summed E-state index contributed by atoms with van der Waals surface area (Å²) < 4.78 is 1.58. The molecular formula is C14H22N4O. The van der Waals surface area contributed by atoms with Crippen LogP contribution in [0.1, 0.15) is 41.9 Å². The second-order valence-corrected chi connectivity index (χ2v) is 5.16. The number of nitrogens with zero attached hydrogens (tertiary/aromatic N) is 3. The molecule has 2 rings (SSSR count). The Morgan fingerprint density at radius 2 is 2.21 bits per heavy atom. The number of carbonyl (C=O) groups is 1. The highest BCUT2D eigenvalue weighted by molar-refractivity contribution is 5.98. The summed E-state index contributed by atoms with van der Waals surface area (Å²) in [7, 11) is 1.76. The zero-order valence-electron chi connectivity index (χ0n) is 11.7. The molecule has 0 spiro atoms. The summed E-state index contributed by atoms with van der Waals surface area (Å²) in [5.74, 6) is -0.0348. The molecule has 5 nitrogen and oxygen atoms in total. The van der Waals surface area contributed by atoms with E-state index in [0.29, 0.717) is 29.7 Å². The highest BCUT2D eigenvalue weighted by Gasteiger charge is 2.30. The second kappa shape index (κ2) is 5.47. The molecule has 1 aliphatic rings. The van der Waals surface area contributed by atoms with Gasteiger partial charge in [-0.15, -0.1) is 6.58 Å². The van der Waals surface area contributed by atoms with Crippen LogP contribution < -0.4 is 5.73 Å². The summed E-state index contributed by atoms with van der Waals surface area (Å²) in [4.78, 5) is 14.6. The van der Waals surface area contributed by atoms with Gasteiger partial charge in [0, 0.05) is 19.6 Å². The average molecular weight is 262 g/mol. The fourth-order valence-corrected chi connectivity index (χ4v) is 2.82. The number of aryl methyl sites for hydroxylation is 2. The van der Waals surface area contributed by atoms with Crippen molar-refractivity contribution in [1.29, 1.82) is 0 Å². The van der Waals surface area contributed by atoms with E-state index in [4.69, 9.17) is 5.73 Å². The lowest BCUT2D eigenvalue weighted by Gasteiger charge is -2.28. The van der Waals surface area contributed by atoms with Crippen LogP contribution in [-0.2, 0) is 7.05 Å². The van der Waals surface area contributed by atoms with Gasteiger partial charge < -0.3 is 10.6 Å². The highest BCUT2D eigenvalue weighted by atomic mass is 16.2.